The summed E-state index contributed by atoms with van der Waals surface area (Å²) < 4.78 is 75.5. The number of aromatic nitrogens is 3. The van der Waals surface area contributed by atoms with E-state index in [0.717, 1.165) is 37.7 Å². The number of aryl methyl sites for hydroxylation is 1. The molecule has 4 heterocycles. The maximum atomic E-state index is 13.6. The van der Waals surface area contributed by atoms with Crippen molar-refractivity contribution in [3.05, 3.63) is 59.8 Å². The number of amides is 1. The number of anilines is 1. The van der Waals surface area contributed by atoms with Crippen LogP contribution in [0.1, 0.15) is 74.7 Å². The van der Waals surface area contributed by atoms with Crippen LogP contribution < -0.4 is 14.4 Å². The molecule has 2 aromatic heterocycles. The Kier molecular flexibility index (Phi) is 7.66. The monoisotopic (exact) mass is 631 g/mol. The van der Waals surface area contributed by atoms with Crippen LogP contribution in [0.3, 0.4) is 0 Å². The Labute approximate surface area is 254 Å². The summed E-state index contributed by atoms with van der Waals surface area (Å²) in [4.78, 5) is 20.5. The van der Waals surface area contributed by atoms with Gasteiger partial charge in [0.15, 0.2) is 5.82 Å². The average Bonchev–Trinajstić information content (AvgIpc) is 3.51. The number of pyridine rings is 1. The number of rotatable bonds is 5. The van der Waals surface area contributed by atoms with E-state index < -0.39 is 27.5 Å². The number of hydrogen-bond acceptors (Lipinski definition) is 7. The molecule has 2 fully saturated rings. The Morgan fingerprint density at radius 2 is 1.91 bits per heavy atom. The molecule has 0 radical (unpaired) electrons. The first-order valence-electron chi connectivity index (χ1n) is 15.0. The van der Waals surface area contributed by atoms with Gasteiger partial charge in [-0.05, 0) is 94.5 Å². The molecule has 4 bridgehead atoms. The third-order valence-corrected chi connectivity index (χ3v) is 10.5. The summed E-state index contributed by atoms with van der Waals surface area (Å²) in [5.41, 5.74) is -0.995. The molecule has 1 N–H and O–H groups in total. The Morgan fingerprint density at radius 1 is 1.11 bits per heavy atom. The number of hydrogen-bond donors (Lipinski definition) is 1. The van der Waals surface area contributed by atoms with Crippen molar-refractivity contribution in [3.8, 4) is 11.7 Å². The van der Waals surface area contributed by atoms with E-state index in [0.29, 0.717) is 24.1 Å². The van der Waals surface area contributed by atoms with Crippen molar-refractivity contribution in [2.24, 2.45) is 11.3 Å². The molecule has 1 saturated carbocycles. The van der Waals surface area contributed by atoms with Crippen LogP contribution in [0.4, 0.5) is 19.0 Å². The molecular formula is C31H36F3N5O4S. The number of nitrogens with zero attached hydrogens (tertiary/aromatic N) is 4. The predicted molar refractivity (Wildman–Crippen MR) is 157 cm³/mol. The molecule has 13 heteroatoms. The Balaban J connectivity index is 1.30. The quantitative estimate of drug-likeness (QED) is 0.378. The molecule has 236 valence electrons. The van der Waals surface area contributed by atoms with Gasteiger partial charge in [0.05, 0.1) is 22.5 Å². The molecule has 1 unspecified atom stereocenters. The van der Waals surface area contributed by atoms with Crippen LogP contribution in [0.5, 0.6) is 5.88 Å². The smallest absolute Gasteiger partial charge is 0.394 e. The zero-order chi connectivity index (χ0) is 31.3. The highest BCUT2D eigenvalue weighted by Gasteiger charge is 2.62. The first-order chi connectivity index (χ1) is 20.8. The molecule has 1 atom stereocenters. The van der Waals surface area contributed by atoms with E-state index in [1.165, 1.54) is 16.8 Å². The Morgan fingerprint density at radius 3 is 2.66 bits per heavy atom. The lowest BCUT2D eigenvalue weighted by Gasteiger charge is -2.34. The lowest BCUT2D eigenvalue weighted by atomic mass is 9.92. The van der Waals surface area contributed by atoms with E-state index in [4.69, 9.17) is 9.72 Å². The van der Waals surface area contributed by atoms with Gasteiger partial charge in [-0.1, -0.05) is 18.6 Å². The van der Waals surface area contributed by atoms with E-state index in [-0.39, 0.29) is 47.7 Å². The van der Waals surface area contributed by atoms with E-state index in [9.17, 15) is 26.4 Å². The SMILES string of the molecule is CC1(C)CC2CCCCc3cccc(c3)S(=O)(=O)NC(=O)c3ccc(-n4ccc(OCCC5(C(F)(F)F)CC5)n4)nc3N1C2. The van der Waals surface area contributed by atoms with Gasteiger partial charge in [-0.3, -0.25) is 4.79 Å². The van der Waals surface area contributed by atoms with Crippen LogP contribution in [0, 0.1) is 11.3 Å². The number of sulfonamides is 1. The number of carbonyl (C=O) groups excluding carboxylic acids is 1. The van der Waals surface area contributed by atoms with Crippen LogP contribution in [0.2, 0.25) is 0 Å². The second-order valence-corrected chi connectivity index (χ2v) is 14.5. The molecule has 44 heavy (non-hydrogen) atoms. The highest BCUT2D eigenvalue weighted by molar-refractivity contribution is 7.90. The van der Waals surface area contributed by atoms with E-state index in [1.807, 2.05) is 6.07 Å². The van der Waals surface area contributed by atoms with Gasteiger partial charge in [0.1, 0.15) is 5.82 Å². The van der Waals surface area contributed by atoms with Crippen LogP contribution in [-0.2, 0) is 16.4 Å². The number of benzene rings is 1. The molecule has 2 aliphatic heterocycles. The average molecular weight is 632 g/mol. The Hall–Kier alpha value is -3.61. The molecule has 3 aliphatic rings. The maximum absolute atomic E-state index is 13.6. The fraction of sp³-hybridized carbons (Fsp3) is 0.516. The van der Waals surface area contributed by atoms with Crippen LogP contribution in [-0.4, -0.2) is 54.0 Å². The molecule has 0 spiro atoms. The molecule has 1 aromatic carbocycles. The molecule has 1 saturated heterocycles. The van der Waals surface area contributed by atoms with Crippen molar-refractivity contribution in [1.29, 1.82) is 0 Å². The minimum Gasteiger partial charge on any atom is -0.477 e. The summed E-state index contributed by atoms with van der Waals surface area (Å²) in [6.07, 6.45) is 1.98. The number of halogens is 3. The number of fused-ring (bicyclic) bond motifs is 6. The summed E-state index contributed by atoms with van der Waals surface area (Å²) in [7, 11) is -4.15. The van der Waals surface area contributed by atoms with Crippen molar-refractivity contribution in [1.82, 2.24) is 19.5 Å². The second kappa shape index (κ2) is 11.1. The summed E-state index contributed by atoms with van der Waals surface area (Å²) in [5.74, 6) is 0.427. The largest absolute Gasteiger partial charge is 0.477 e. The molecule has 1 aliphatic carbocycles. The lowest BCUT2D eigenvalue weighted by Crippen LogP contribution is -2.41. The minimum atomic E-state index is -4.24. The predicted octanol–water partition coefficient (Wildman–Crippen LogP) is 5.83. The third-order valence-electron chi connectivity index (χ3n) is 9.17. The molecule has 1 amide bonds. The van der Waals surface area contributed by atoms with Crippen molar-refractivity contribution in [2.75, 3.05) is 18.1 Å². The lowest BCUT2D eigenvalue weighted by molar-refractivity contribution is -0.190. The fourth-order valence-corrected chi connectivity index (χ4v) is 7.49. The van der Waals surface area contributed by atoms with Gasteiger partial charge in [0.25, 0.3) is 15.9 Å². The van der Waals surface area contributed by atoms with Crippen molar-refractivity contribution < 1.29 is 31.1 Å². The summed E-state index contributed by atoms with van der Waals surface area (Å²) in [6.45, 7) is 4.70. The van der Waals surface area contributed by atoms with Gasteiger partial charge < -0.3 is 9.64 Å². The number of carbonyl (C=O) groups is 1. The van der Waals surface area contributed by atoms with Crippen molar-refractivity contribution in [2.45, 2.75) is 81.8 Å². The molecule has 9 nitrogen and oxygen atoms in total. The topological polar surface area (TPSA) is 106 Å². The van der Waals surface area contributed by atoms with Gasteiger partial charge in [0, 0.05) is 24.3 Å². The van der Waals surface area contributed by atoms with Crippen LogP contribution >= 0.6 is 0 Å². The highest BCUT2D eigenvalue weighted by atomic mass is 32.2. The normalized spacial score (nSPS) is 22.3. The Bertz CT molecular complexity index is 1670. The minimum absolute atomic E-state index is 0.0263. The van der Waals surface area contributed by atoms with E-state index in [2.05, 4.69) is 28.6 Å². The van der Waals surface area contributed by atoms with Gasteiger partial charge in [-0.2, -0.15) is 13.2 Å². The molecular weight excluding hydrogens is 595 g/mol. The maximum Gasteiger partial charge on any atom is 0.394 e. The first-order valence-corrected chi connectivity index (χ1v) is 16.5. The fourth-order valence-electron chi connectivity index (χ4n) is 6.46. The van der Waals surface area contributed by atoms with Crippen molar-refractivity contribution >= 4 is 21.7 Å². The highest BCUT2D eigenvalue weighted by Crippen LogP contribution is 2.59. The zero-order valence-electron chi connectivity index (χ0n) is 24.7. The summed E-state index contributed by atoms with van der Waals surface area (Å²) >= 11 is 0. The van der Waals surface area contributed by atoms with Crippen molar-refractivity contribution in [3.63, 3.8) is 0 Å². The summed E-state index contributed by atoms with van der Waals surface area (Å²) in [5, 5.41) is 4.36. The van der Waals surface area contributed by atoms with Gasteiger partial charge in [-0.15, -0.1) is 5.10 Å². The van der Waals surface area contributed by atoms with Gasteiger partial charge >= 0.3 is 6.18 Å². The second-order valence-electron chi connectivity index (χ2n) is 12.8. The zero-order valence-corrected chi connectivity index (χ0v) is 25.5. The van der Waals surface area contributed by atoms with Crippen LogP contribution in [0.15, 0.2) is 53.6 Å². The number of ether oxygens (including phenoxy) is 1. The number of alkyl halides is 3. The number of nitrogens with one attached hydrogen (secondary N) is 1. The van der Waals surface area contributed by atoms with Crippen LogP contribution in [0.25, 0.3) is 5.82 Å². The van der Waals surface area contributed by atoms with E-state index >= 15 is 0 Å². The molecule has 6 rings (SSSR count). The summed E-state index contributed by atoms with van der Waals surface area (Å²) in [6, 6.07) is 11.3. The standard InChI is InChI=1S/C31H36F3N5O4S/c1-29(2)19-22-7-4-3-6-21-8-5-9-23(18-21)44(41,42)37-28(40)24-10-11-25(35-27(24)38(29)20-22)39-16-12-26(36-39)43-17-15-30(13-14-30)31(32,33)34/h5,8-12,16,18,22H,3-4,6-7,13-15,17,19-20H2,1-2H3,(H,37,40). The third kappa shape index (κ3) is 6.02. The molecule has 3 aromatic rings. The van der Waals surface area contributed by atoms with Gasteiger partial charge in [0.2, 0.25) is 5.88 Å². The van der Waals surface area contributed by atoms with E-state index in [1.54, 1.807) is 30.5 Å². The first kappa shape index (κ1) is 30.4. The van der Waals surface area contributed by atoms with Gasteiger partial charge in [-0.25, -0.2) is 22.8 Å².